The number of carbonyl (C=O) groups is 1. The SMILES string of the molecule is O=C/C=C/c1cnc(-c2ccc(O)c(C34CC5CC(CC(C5)C3)C4)c2)nc1. The van der Waals surface area contributed by atoms with Gasteiger partial charge in [-0.2, -0.15) is 0 Å². The first kappa shape index (κ1) is 16.7. The third-order valence-electron chi connectivity index (χ3n) is 6.90. The van der Waals surface area contributed by atoms with Gasteiger partial charge in [-0.05, 0) is 92.0 Å². The summed E-state index contributed by atoms with van der Waals surface area (Å²) in [5.74, 6) is 3.58. The molecule has 1 N–H and O–H groups in total. The van der Waals surface area contributed by atoms with Gasteiger partial charge in [-0.3, -0.25) is 4.79 Å². The van der Waals surface area contributed by atoms with E-state index in [-0.39, 0.29) is 5.41 Å². The van der Waals surface area contributed by atoms with Crippen LogP contribution < -0.4 is 0 Å². The molecule has 4 aliphatic carbocycles. The molecule has 4 saturated carbocycles. The van der Waals surface area contributed by atoms with Crippen molar-refractivity contribution in [3.63, 3.8) is 0 Å². The highest BCUT2D eigenvalue weighted by molar-refractivity contribution is 5.73. The van der Waals surface area contributed by atoms with Crippen molar-refractivity contribution in [3.05, 3.63) is 47.8 Å². The second kappa shape index (κ2) is 6.29. The van der Waals surface area contributed by atoms with Crippen LogP contribution in [-0.4, -0.2) is 21.4 Å². The van der Waals surface area contributed by atoms with Gasteiger partial charge in [-0.25, -0.2) is 9.97 Å². The first-order valence-corrected chi connectivity index (χ1v) is 9.93. The lowest BCUT2D eigenvalue weighted by atomic mass is 9.48. The predicted octanol–water partition coefficient (Wildman–Crippen LogP) is 4.53. The zero-order valence-electron chi connectivity index (χ0n) is 15.3. The predicted molar refractivity (Wildman–Crippen MR) is 104 cm³/mol. The average molecular weight is 360 g/mol. The van der Waals surface area contributed by atoms with Gasteiger partial charge in [0, 0.05) is 29.1 Å². The normalized spacial score (nSPS) is 31.5. The number of phenols is 1. The summed E-state index contributed by atoms with van der Waals surface area (Å²) < 4.78 is 0. The first-order valence-electron chi connectivity index (χ1n) is 9.93. The summed E-state index contributed by atoms with van der Waals surface area (Å²) in [4.78, 5) is 19.4. The van der Waals surface area contributed by atoms with Crippen LogP contribution >= 0.6 is 0 Å². The maximum absolute atomic E-state index is 10.7. The smallest absolute Gasteiger partial charge is 0.159 e. The number of aromatic hydroxyl groups is 1. The minimum Gasteiger partial charge on any atom is -0.508 e. The van der Waals surface area contributed by atoms with Gasteiger partial charge in [0.2, 0.25) is 0 Å². The quantitative estimate of drug-likeness (QED) is 0.643. The minimum atomic E-state index is 0.140. The number of aromatic nitrogens is 2. The van der Waals surface area contributed by atoms with Crippen LogP contribution in [0.2, 0.25) is 0 Å². The molecule has 4 heteroatoms. The Hall–Kier alpha value is -2.49. The number of phenolic OH excluding ortho intramolecular Hbond substituents is 1. The third-order valence-corrected chi connectivity index (χ3v) is 6.90. The molecule has 0 radical (unpaired) electrons. The van der Waals surface area contributed by atoms with E-state index in [4.69, 9.17) is 0 Å². The van der Waals surface area contributed by atoms with Crippen molar-refractivity contribution in [3.8, 4) is 17.1 Å². The number of nitrogens with zero attached hydrogens (tertiary/aromatic N) is 2. The van der Waals surface area contributed by atoms with E-state index in [1.165, 1.54) is 44.6 Å². The van der Waals surface area contributed by atoms with Crippen LogP contribution in [0.5, 0.6) is 5.75 Å². The van der Waals surface area contributed by atoms with Crippen molar-refractivity contribution in [2.75, 3.05) is 0 Å². The topological polar surface area (TPSA) is 63.1 Å². The van der Waals surface area contributed by atoms with Crippen LogP contribution in [0.1, 0.15) is 49.7 Å². The molecular weight excluding hydrogens is 336 g/mol. The van der Waals surface area contributed by atoms with Crippen molar-refractivity contribution in [2.24, 2.45) is 17.8 Å². The molecule has 138 valence electrons. The Kier molecular flexibility index (Phi) is 3.88. The molecular formula is C23H24N2O2. The van der Waals surface area contributed by atoms with Gasteiger partial charge in [0.05, 0.1) is 0 Å². The molecule has 0 spiro atoms. The number of benzene rings is 1. The summed E-state index contributed by atoms with van der Waals surface area (Å²) in [6.07, 6.45) is 15.1. The molecule has 0 atom stereocenters. The van der Waals surface area contributed by atoms with Crippen LogP contribution in [0.4, 0.5) is 0 Å². The Balaban J connectivity index is 1.50. The molecule has 4 bridgehead atoms. The summed E-state index contributed by atoms with van der Waals surface area (Å²) in [7, 11) is 0. The molecule has 0 aliphatic heterocycles. The Labute approximate surface area is 159 Å². The lowest BCUT2D eigenvalue weighted by Crippen LogP contribution is -2.48. The van der Waals surface area contributed by atoms with Crippen LogP contribution in [0, 0.1) is 17.8 Å². The highest BCUT2D eigenvalue weighted by atomic mass is 16.3. The maximum atomic E-state index is 10.7. The molecule has 4 nitrogen and oxygen atoms in total. The highest BCUT2D eigenvalue weighted by Crippen LogP contribution is 2.61. The van der Waals surface area contributed by atoms with Crippen molar-refractivity contribution in [1.82, 2.24) is 9.97 Å². The van der Waals surface area contributed by atoms with Crippen LogP contribution in [0.15, 0.2) is 36.7 Å². The van der Waals surface area contributed by atoms with E-state index in [1.807, 2.05) is 12.1 Å². The molecule has 4 aliphatic rings. The molecule has 1 heterocycles. The largest absolute Gasteiger partial charge is 0.508 e. The standard InChI is InChI=1S/C23H24N2O2/c26-5-1-2-15-13-24-22(25-14-15)19-3-4-21(27)20(9-19)23-10-16-6-17(11-23)8-18(7-16)12-23/h1-5,9,13-14,16-18,27H,6-8,10-12H2/b2-1+. The average Bonchev–Trinajstić information content (AvgIpc) is 2.66. The number of rotatable bonds is 4. The van der Waals surface area contributed by atoms with Crippen molar-refractivity contribution >= 4 is 12.4 Å². The fourth-order valence-corrected chi connectivity index (χ4v) is 6.26. The lowest BCUT2D eigenvalue weighted by molar-refractivity contribution is -0.104. The number of carbonyl (C=O) groups excluding carboxylic acids is 1. The van der Waals surface area contributed by atoms with E-state index in [0.29, 0.717) is 11.6 Å². The van der Waals surface area contributed by atoms with E-state index >= 15 is 0 Å². The van der Waals surface area contributed by atoms with Crippen molar-refractivity contribution in [1.29, 1.82) is 0 Å². The van der Waals surface area contributed by atoms with E-state index in [9.17, 15) is 9.90 Å². The zero-order valence-corrected chi connectivity index (χ0v) is 15.3. The molecule has 0 saturated heterocycles. The van der Waals surface area contributed by atoms with Crippen LogP contribution in [-0.2, 0) is 10.2 Å². The maximum Gasteiger partial charge on any atom is 0.159 e. The highest BCUT2D eigenvalue weighted by Gasteiger charge is 2.52. The third kappa shape index (κ3) is 2.88. The van der Waals surface area contributed by atoms with E-state index < -0.39 is 0 Å². The zero-order chi connectivity index (χ0) is 18.4. The van der Waals surface area contributed by atoms with E-state index in [2.05, 4.69) is 16.0 Å². The van der Waals surface area contributed by atoms with Gasteiger partial charge in [0.1, 0.15) is 12.0 Å². The molecule has 4 fully saturated rings. The fraction of sp³-hybridized carbons (Fsp3) is 0.435. The van der Waals surface area contributed by atoms with Gasteiger partial charge in [-0.1, -0.05) is 0 Å². The van der Waals surface area contributed by atoms with E-state index in [1.54, 1.807) is 18.5 Å². The minimum absolute atomic E-state index is 0.140. The molecule has 2 aromatic rings. The van der Waals surface area contributed by atoms with Gasteiger partial charge in [0.25, 0.3) is 0 Å². The molecule has 0 unspecified atom stereocenters. The molecule has 6 rings (SSSR count). The lowest BCUT2D eigenvalue weighted by Gasteiger charge is -2.57. The summed E-state index contributed by atoms with van der Waals surface area (Å²) in [5, 5.41) is 10.7. The Morgan fingerprint density at radius 2 is 1.63 bits per heavy atom. The van der Waals surface area contributed by atoms with Gasteiger partial charge < -0.3 is 5.11 Å². The van der Waals surface area contributed by atoms with Crippen molar-refractivity contribution < 1.29 is 9.90 Å². The molecule has 1 aromatic carbocycles. The second-order valence-electron chi connectivity index (χ2n) is 8.77. The van der Waals surface area contributed by atoms with E-state index in [0.717, 1.165) is 40.7 Å². The van der Waals surface area contributed by atoms with Gasteiger partial charge in [0.15, 0.2) is 5.82 Å². The Morgan fingerprint density at radius 1 is 1.00 bits per heavy atom. The number of hydrogen-bond acceptors (Lipinski definition) is 4. The second-order valence-corrected chi connectivity index (χ2v) is 8.77. The van der Waals surface area contributed by atoms with Crippen LogP contribution in [0.3, 0.4) is 0 Å². The molecule has 0 amide bonds. The molecule has 1 aromatic heterocycles. The van der Waals surface area contributed by atoms with Gasteiger partial charge >= 0.3 is 0 Å². The van der Waals surface area contributed by atoms with Gasteiger partial charge in [-0.15, -0.1) is 0 Å². The summed E-state index contributed by atoms with van der Waals surface area (Å²) in [5.41, 5.74) is 2.99. The molecule has 27 heavy (non-hydrogen) atoms. The first-order chi connectivity index (χ1) is 13.1. The number of hydrogen-bond donors (Lipinski definition) is 1. The Bertz CT molecular complexity index is 866. The number of allylic oxidation sites excluding steroid dienone is 1. The van der Waals surface area contributed by atoms with Crippen LogP contribution in [0.25, 0.3) is 17.5 Å². The summed E-state index contributed by atoms with van der Waals surface area (Å²) in [6.45, 7) is 0. The summed E-state index contributed by atoms with van der Waals surface area (Å²) >= 11 is 0. The number of aldehydes is 1. The monoisotopic (exact) mass is 360 g/mol. The Morgan fingerprint density at radius 3 is 2.22 bits per heavy atom. The van der Waals surface area contributed by atoms with Crippen molar-refractivity contribution in [2.45, 2.75) is 43.9 Å². The summed E-state index contributed by atoms with van der Waals surface area (Å²) in [6, 6.07) is 5.83. The fourth-order valence-electron chi connectivity index (χ4n) is 6.26.